The quantitative estimate of drug-likeness (QED) is 0.828. The highest BCUT2D eigenvalue weighted by Crippen LogP contribution is 2.20. The number of hydrogen-bond donors (Lipinski definition) is 1. The van der Waals surface area contributed by atoms with Crippen molar-refractivity contribution in [2.45, 2.75) is 33.2 Å². The van der Waals surface area contributed by atoms with Crippen LogP contribution in [0.1, 0.15) is 47.1 Å². The van der Waals surface area contributed by atoms with Gasteiger partial charge in [-0.25, -0.2) is 5.01 Å². The molecular formula is C19H21ClN2O2. The molecular weight excluding hydrogens is 324 g/mol. The van der Waals surface area contributed by atoms with E-state index in [0.717, 1.165) is 5.56 Å². The number of amides is 2. The van der Waals surface area contributed by atoms with Crippen LogP contribution in [0, 0.1) is 6.92 Å². The molecule has 0 aromatic heterocycles. The monoisotopic (exact) mass is 344 g/mol. The van der Waals surface area contributed by atoms with Crippen molar-refractivity contribution >= 4 is 23.4 Å². The highest BCUT2D eigenvalue weighted by Gasteiger charge is 2.29. The lowest BCUT2D eigenvalue weighted by molar-refractivity contribution is 0.0358. The topological polar surface area (TPSA) is 49.4 Å². The number of hydrazine groups is 1. The highest BCUT2D eigenvalue weighted by atomic mass is 35.5. The van der Waals surface area contributed by atoms with Gasteiger partial charge in [-0.05, 0) is 57.5 Å². The molecule has 2 amide bonds. The summed E-state index contributed by atoms with van der Waals surface area (Å²) in [6.45, 7) is 7.43. The van der Waals surface area contributed by atoms with Gasteiger partial charge in [0.1, 0.15) is 0 Å². The zero-order chi connectivity index (χ0) is 17.9. The lowest BCUT2D eigenvalue weighted by Gasteiger charge is -2.35. The molecule has 2 aromatic rings. The molecule has 0 radical (unpaired) electrons. The van der Waals surface area contributed by atoms with Crippen LogP contribution in [0.2, 0.25) is 5.02 Å². The van der Waals surface area contributed by atoms with Crippen molar-refractivity contribution in [1.82, 2.24) is 10.4 Å². The molecule has 24 heavy (non-hydrogen) atoms. The fraction of sp³-hybridized carbons (Fsp3) is 0.263. The Hall–Kier alpha value is -2.33. The number of nitrogens with zero attached hydrogens (tertiary/aromatic N) is 1. The van der Waals surface area contributed by atoms with Crippen molar-refractivity contribution in [3.63, 3.8) is 0 Å². The Labute approximate surface area is 147 Å². The van der Waals surface area contributed by atoms with Gasteiger partial charge in [-0.15, -0.1) is 0 Å². The molecule has 4 nitrogen and oxygen atoms in total. The molecule has 2 aromatic carbocycles. The molecule has 2 rings (SSSR count). The molecule has 0 heterocycles. The molecule has 1 N–H and O–H groups in total. The molecule has 0 saturated carbocycles. The number of aryl methyl sites for hydroxylation is 1. The lowest BCUT2D eigenvalue weighted by Crippen LogP contribution is -2.55. The van der Waals surface area contributed by atoms with Gasteiger partial charge < -0.3 is 0 Å². The third-order valence-electron chi connectivity index (χ3n) is 3.54. The van der Waals surface area contributed by atoms with Crippen molar-refractivity contribution in [2.75, 3.05) is 0 Å². The van der Waals surface area contributed by atoms with Crippen LogP contribution in [0.5, 0.6) is 0 Å². The summed E-state index contributed by atoms with van der Waals surface area (Å²) in [6.07, 6.45) is 0. The summed E-state index contributed by atoms with van der Waals surface area (Å²) in [6, 6.07) is 13.9. The van der Waals surface area contributed by atoms with E-state index in [2.05, 4.69) is 5.43 Å². The predicted octanol–water partition coefficient (Wildman–Crippen LogP) is 4.23. The van der Waals surface area contributed by atoms with Gasteiger partial charge in [0.25, 0.3) is 11.8 Å². The van der Waals surface area contributed by atoms with Crippen LogP contribution < -0.4 is 5.43 Å². The second-order valence-corrected chi connectivity index (χ2v) is 6.99. The van der Waals surface area contributed by atoms with Crippen LogP contribution in [0.3, 0.4) is 0 Å². The molecule has 0 spiro atoms. The summed E-state index contributed by atoms with van der Waals surface area (Å²) < 4.78 is 0. The molecule has 0 aliphatic carbocycles. The molecule has 0 bridgehead atoms. The number of benzene rings is 2. The molecule has 0 fully saturated rings. The van der Waals surface area contributed by atoms with E-state index in [4.69, 9.17) is 11.6 Å². The van der Waals surface area contributed by atoms with Gasteiger partial charge in [0.05, 0.1) is 5.54 Å². The summed E-state index contributed by atoms with van der Waals surface area (Å²) in [5.41, 5.74) is 3.91. The van der Waals surface area contributed by atoms with Crippen LogP contribution in [0.25, 0.3) is 0 Å². The van der Waals surface area contributed by atoms with Crippen LogP contribution in [0.4, 0.5) is 0 Å². The Morgan fingerprint density at radius 3 is 2.17 bits per heavy atom. The van der Waals surface area contributed by atoms with E-state index in [-0.39, 0.29) is 11.8 Å². The normalized spacial score (nSPS) is 11.0. The third kappa shape index (κ3) is 4.15. The van der Waals surface area contributed by atoms with E-state index in [1.54, 1.807) is 42.5 Å². The Balaban J connectivity index is 2.30. The maximum Gasteiger partial charge on any atom is 0.272 e. The number of halogens is 1. The smallest absolute Gasteiger partial charge is 0.267 e. The zero-order valence-electron chi connectivity index (χ0n) is 14.3. The molecule has 0 saturated heterocycles. The minimum atomic E-state index is -0.598. The van der Waals surface area contributed by atoms with E-state index in [0.29, 0.717) is 16.1 Å². The first-order valence-electron chi connectivity index (χ1n) is 7.67. The van der Waals surface area contributed by atoms with Crippen molar-refractivity contribution in [2.24, 2.45) is 0 Å². The van der Waals surface area contributed by atoms with Crippen LogP contribution in [-0.2, 0) is 0 Å². The standard InChI is InChI=1S/C19H21ClN2O2/c1-13-10-11-15(12-16(13)20)18(24)22(19(2,3)4)21-17(23)14-8-6-5-7-9-14/h5-12H,1-4H3,(H,21,23). The molecule has 126 valence electrons. The average molecular weight is 345 g/mol. The largest absolute Gasteiger partial charge is 0.272 e. The Kier molecular flexibility index (Phi) is 5.30. The van der Waals surface area contributed by atoms with E-state index in [1.807, 2.05) is 33.8 Å². The molecule has 0 aliphatic heterocycles. The zero-order valence-corrected chi connectivity index (χ0v) is 15.0. The Morgan fingerprint density at radius 1 is 1.00 bits per heavy atom. The first-order valence-corrected chi connectivity index (χ1v) is 8.04. The van der Waals surface area contributed by atoms with Gasteiger partial charge in [0.15, 0.2) is 0 Å². The number of nitrogens with one attached hydrogen (secondary N) is 1. The van der Waals surface area contributed by atoms with Gasteiger partial charge in [-0.2, -0.15) is 0 Å². The maximum atomic E-state index is 12.9. The summed E-state index contributed by atoms with van der Waals surface area (Å²) in [4.78, 5) is 25.3. The maximum absolute atomic E-state index is 12.9. The first-order chi connectivity index (χ1) is 11.2. The molecule has 0 atom stereocenters. The Morgan fingerprint density at radius 2 is 1.62 bits per heavy atom. The fourth-order valence-electron chi connectivity index (χ4n) is 2.13. The number of carbonyl (C=O) groups excluding carboxylic acids is 2. The minimum absolute atomic E-state index is 0.311. The van der Waals surface area contributed by atoms with Crippen LogP contribution >= 0.6 is 11.6 Å². The van der Waals surface area contributed by atoms with Gasteiger partial charge in [0.2, 0.25) is 0 Å². The van der Waals surface area contributed by atoms with Gasteiger partial charge in [-0.3, -0.25) is 15.0 Å². The lowest BCUT2D eigenvalue weighted by atomic mass is 10.1. The number of hydrogen-bond acceptors (Lipinski definition) is 2. The summed E-state index contributed by atoms with van der Waals surface area (Å²) in [5, 5.41) is 1.85. The highest BCUT2D eigenvalue weighted by molar-refractivity contribution is 6.31. The van der Waals surface area contributed by atoms with Crippen LogP contribution in [0.15, 0.2) is 48.5 Å². The summed E-state index contributed by atoms with van der Waals surface area (Å²) in [5.74, 6) is -0.647. The summed E-state index contributed by atoms with van der Waals surface area (Å²) >= 11 is 6.12. The minimum Gasteiger partial charge on any atom is -0.267 e. The van der Waals surface area contributed by atoms with E-state index < -0.39 is 5.54 Å². The predicted molar refractivity (Wildman–Crippen MR) is 96.0 cm³/mol. The van der Waals surface area contributed by atoms with Crippen LogP contribution in [-0.4, -0.2) is 22.4 Å². The van der Waals surface area contributed by atoms with Gasteiger partial charge in [0, 0.05) is 16.1 Å². The first kappa shape index (κ1) is 18.0. The van der Waals surface area contributed by atoms with E-state index in [1.165, 1.54) is 5.01 Å². The van der Waals surface area contributed by atoms with E-state index in [9.17, 15) is 9.59 Å². The summed E-state index contributed by atoms with van der Waals surface area (Å²) in [7, 11) is 0. The second kappa shape index (κ2) is 7.05. The second-order valence-electron chi connectivity index (χ2n) is 6.58. The van der Waals surface area contributed by atoms with Gasteiger partial charge >= 0.3 is 0 Å². The number of rotatable bonds is 2. The van der Waals surface area contributed by atoms with Crippen molar-refractivity contribution < 1.29 is 9.59 Å². The molecule has 0 aliphatic rings. The Bertz CT molecular complexity index is 752. The SMILES string of the molecule is Cc1ccc(C(=O)N(NC(=O)c2ccccc2)C(C)(C)C)cc1Cl. The molecule has 0 unspecified atom stereocenters. The number of carbonyl (C=O) groups is 2. The van der Waals surface area contributed by atoms with Crippen molar-refractivity contribution in [1.29, 1.82) is 0 Å². The fourth-order valence-corrected chi connectivity index (χ4v) is 2.31. The van der Waals surface area contributed by atoms with Crippen molar-refractivity contribution in [3.8, 4) is 0 Å². The average Bonchev–Trinajstić information content (AvgIpc) is 2.54. The third-order valence-corrected chi connectivity index (χ3v) is 3.95. The molecule has 5 heteroatoms. The van der Waals surface area contributed by atoms with Gasteiger partial charge in [-0.1, -0.05) is 35.9 Å². The van der Waals surface area contributed by atoms with Crippen molar-refractivity contribution in [3.05, 3.63) is 70.2 Å². The van der Waals surface area contributed by atoms with E-state index >= 15 is 0 Å².